The molecule has 0 spiro atoms. The third-order valence-electron chi connectivity index (χ3n) is 3.27. The van der Waals surface area contributed by atoms with Crippen LogP contribution in [0.25, 0.3) is 0 Å². The van der Waals surface area contributed by atoms with Crippen LogP contribution in [0.15, 0.2) is 12.5 Å². The minimum atomic E-state index is -0.0786. The molecule has 1 aromatic heterocycles. The molecule has 1 saturated carbocycles. The molecule has 98 valence electrons. The van der Waals surface area contributed by atoms with Crippen LogP contribution in [0.1, 0.15) is 25.7 Å². The van der Waals surface area contributed by atoms with Gasteiger partial charge in [0, 0.05) is 12.2 Å². The van der Waals surface area contributed by atoms with Crippen LogP contribution in [0.5, 0.6) is 0 Å². The lowest BCUT2D eigenvalue weighted by molar-refractivity contribution is -0.146. The van der Waals surface area contributed by atoms with Crippen molar-refractivity contribution in [3.8, 4) is 0 Å². The minimum Gasteiger partial charge on any atom is -0.469 e. The topological polar surface area (TPSA) is 64.1 Å². The monoisotopic (exact) mass is 361 g/mol. The van der Waals surface area contributed by atoms with Gasteiger partial charge in [-0.25, -0.2) is 9.97 Å². The van der Waals surface area contributed by atoms with Crippen molar-refractivity contribution in [1.29, 1.82) is 0 Å². The Hall–Kier alpha value is -0.920. The van der Waals surface area contributed by atoms with Crippen molar-refractivity contribution >= 4 is 34.4 Å². The van der Waals surface area contributed by atoms with Crippen molar-refractivity contribution in [3.05, 3.63) is 16.1 Å². The molecule has 1 aromatic rings. The van der Waals surface area contributed by atoms with Gasteiger partial charge in [0.05, 0.1) is 16.6 Å². The van der Waals surface area contributed by atoms with Gasteiger partial charge in [-0.15, -0.1) is 0 Å². The number of aromatic nitrogens is 2. The Morgan fingerprint density at radius 3 is 2.78 bits per heavy atom. The molecule has 1 aliphatic carbocycles. The average Bonchev–Trinajstić information content (AvgIpc) is 2.41. The van der Waals surface area contributed by atoms with E-state index in [1.54, 1.807) is 12.5 Å². The van der Waals surface area contributed by atoms with E-state index in [1.165, 1.54) is 7.11 Å². The number of hydrogen-bond acceptors (Lipinski definition) is 5. The molecule has 0 atom stereocenters. The average molecular weight is 361 g/mol. The number of esters is 1. The smallest absolute Gasteiger partial charge is 0.308 e. The zero-order valence-corrected chi connectivity index (χ0v) is 12.4. The van der Waals surface area contributed by atoms with Crippen LogP contribution in [0.3, 0.4) is 0 Å². The molecule has 0 amide bonds. The lowest BCUT2D eigenvalue weighted by Gasteiger charge is -2.28. The SMILES string of the molecule is COC(=O)C1CCC(Nc2ncncc2I)CC1. The first-order chi connectivity index (χ1) is 8.70. The number of nitrogens with zero attached hydrogens (tertiary/aromatic N) is 2. The highest BCUT2D eigenvalue weighted by Gasteiger charge is 2.27. The van der Waals surface area contributed by atoms with Crippen molar-refractivity contribution in [2.75, 3.05) is 12.4 Å². The molecule has 1 fully saturated rings. The highest BCUT2D eigenvalue weighted by Crippen LogP contribution is 2.27. The number of nitrogens with one attached hydrogen (secondary N) is 1. The molecule has 0 unspecified atom stereocenters. The Bertz CT molecular complexity index is 420. The van der Waals surface area contributed by atoms with E-state index in [4.69, 9.17) is 4.74 Å². The van der Waals surface area contributed by atoms with E-state index in [2.05, 4.69) is 37.9 Å². The van der Waals surface area contributed by atoms with Crippen LogP contribution in [0.2, 0.25) is 0 Å². The summed E-state index contributed by atoms with van der Waals surface area (Å²) in [5, 5.41) is 3.42. The molecule has 0 aliphatic heterocycles. The summed E-state index contributed by atoms with van der Waals surface area (Å²) in [4.78, 5) is 19.6. The highest BCUT2D eigenvalue weighted by molar-refractivity contribution is 14.1. The molecule has 1 aliphatic rings. The molecule has 6 heteroatoms. The van der Waals surface area contributed by atoms with Crippen molar-refractivity contribution in [1.82, 2.24) is 9.97 Å². The number of ether oxygens (including phenoxy) is 1. The van der Waals surface area contributed by atoms with Crippen LogP contribution in [-0.4, -0.2) is 29.1 Å². The molecule has 18 heavy (non-hydrogen) atoms. The Balaban J connectivity index is 1.87. The number of hydrogen-bond donors (Lipinski definition) is 1. The minimum absolute atomic E-state index is 0.0671. The normalized spacial score (nSPS) is 23.4. The third kappa shape index (κ3) is 3.30. The number of carbonyl (C=O) groups is 1. The lowest BCUT2D eigenvalue weighted by Crippen LogP contribution is -2.30. The van der Waals surface area contributed by atoms with Gasteiger partial charge < -0.3 is 10.1 Å². The van der Waals surface area contributed by atoms with Gasteiger partial charge in [-0.3, -0.25) is 4.79 Å². The summed E-state index contributed by atoms with van der Waals surface area (Å²) in [5.74, 6) is 0.870. The number of methoxy groups -OCH3 is 1. The van der Waals surface area contributed by atoms with Crippen LogP contribution in [-0.2, 0) is 9.53 Å². The Morgan fingerprint density at radius 2 is 2.17 bits per heavy atom. The first kappa shape index (κ1) is 13.5. The van der Waals surface area contributed by atoms with Gasteiger partial charge >= 0.3 is 5.97 Å². The quantitative estimate of drug-likeness (QED) is 0.661. The largest absolute Gasteiger partial charge is 0.469 e. The Morgan fingerprint density at radius 1 is 1.44 bits per heavy atom. The summed E-state index contributed by atoms with van der Waals surface area (Å²) in [7, 11) is 1.45. The van der Waals surface area contributed by atoms with Crippen molar-refractivity contribution in [2.45, 2.75) is 31.7 Å². The van der Waals surface area contributed by atoms with Crippen LogP contribution in [0, 0.1) is 9.49 Å². The third-order valence-corrected chi connectivity index (χ3v) is 4.06. The summed E-state index contributed by atoms with van der Waals surface area (Å²) in [6.07, 6.45) is 7.04. The predicted octanol–water partition coefficient (Wildman–Crippen LogP) is 2.22. The fourth-order valence-corrected chi connectivity index (χ4v) is 2.71. The predicted molar refractivity (Wildman–Crippen MR) is 76.1 cm³/mol. The highest BCUT2D eigenvalue weighted by atomic mass is 127. The number of rotatable bonds is 3. The second kappa shape index (κ2) is 6.31. The molecule has 2 rings (SSSR count). The van der Waals surface area contributed by atoms with Gasteiger partial charge in [-0.1, -0.05) is 0 Å². The van der Waals surface area contributed by atoms with Gasteiger partial charge in [-0.05, 0) is 48.3 Å². The molecule has 1 N–H and O–H groups in total. The summed E-state index contributed by atoms with van der Waals surface area (Å²) >= 11 is 2.22. The van der Waals surface area contributed by atoms with Gasteiger partial charge in [0.2, 0.25) is 0 Å². The summed E-state index contributed by atoms with van der Waals surface area (Å²) in [6, 6.07) is 0.384. The molecule has 0 aromatic carbocycles. The molecule has 0 radical (unpaired) electrons. The van der Waals surface area contributed by atoms with E-state index in [0.29, 0.717) is 6.04 Å². The van der Waals surface area contributed by atoms with Crippen LogP contribution < -0.4 is 5.32 Å². The van der Waals surface area contributed by atoms with E-state index in [9.17, 15) is 4.79 Å². The molecule has 5 nitrogen and oxygen atoms in total. The maximum Gasteiger partial charge on any atom is 0.308 e. The van der Waals surface area contributed by atoms with Crippen molar-refractivity contribution < 1.29 is 9.53 Å². The van der Waals surface area contributed by atoms with Crippen LogP contribution in [0.4, 0.5) is 5.82 Å². The second-order valence-corrected chi connectivity index (χ2v) is 5.60. The van der Waals surface area contributed by atoms with E-state index in [1.807, 2.05) is 0 Å². The van der Waals surface area contributed by atoms with E-state index in [0.717, 1.165) is 35.1 Å². The fourth-order valence-electron chi connectivity index (χ4n) is 2.25. The molecular formula is C12H16IN3O2. The maximum atomic E-state index is 11.4. The first-order valence-corrected chi connectivity index (χ1v) is 7.08. The number of anilines is 1. The van der Waals surface area contributed by atoms with Crippen molar-refractivity contribution in [2.24, 2.45) is 5.92 Å². The van der Waals surface area contributed by atoms with Gasteiger partial charge in [-0.2, -0.15) is 0 Å². The molecular weight excluding hydrogens is 345 g/mol. The summed E-state index contributed by atoms with van der Waals surface area (Å²) < 4.78 is 5.80. The molecule has 1 heterocycles. The lowest BCUT2D eigenvalue weighted by atomic mass is 9.86. The summed E-state index contributed by atoms with van der Waals surface area (Å²) in [5.41, 5.74) is 0. The van der Waals surface area contributed by atoms with Crippen LogP contribution >= 0.6 is 22.6 Å². The zero-order chi connectivity index (χ0) is 13.0. The maximum absolute atomic E-state index is 11.4. The fraction of sp³-hybridized carbons (Fsp3) is 0.583. The second-order valence-electron chi connectivity index (χ2n) is 4.44. The van der Waals surface area contributed by atoms with E-state index in [-0.39, 0.29) is 11.9 Å². The standard InChI is InChI=1S/C12H16IN3O2/c1-18-12(17)8-2-4-9(5-3-8)16-11-10(13)6-14-7-15-11/h6-9H,2-5H2,1H3,(H,14,15,16). The van der Waals surface area contributed by atoms with Gasteiger partial charge in [0.25, 0.3) is 0 Å². The Kier molecular flexibility index (Phi) is 4.73. The molecule has 0 saturated heterocycles. The van der Waals surface area contributed by atoms with E-state index >= 15 is 0 Å². The Labute approximate surface area is 120 Å². The number of carbonyl (C=O) groups excluding carboxylic acids is 1. The van der Waals surface area contributed by atoms with Gasteiger partial charge in [0.1, 0.15) is 12.1 Å². The molecule has 0 bridgehead atoms. The zero-order valence-electron chi connectivity index (χ0n) is 10.2. The first-order valence-electron chi connectivity index (χ1n) is 6.00. The van der Waals surface area contributed by atoms with Gasteiger partial charge in [0.15, 0.2) is 0 Å². The van der Waals surface area contributed by atoms with Crippen molar-refractivity contribution in [3.63, 3.8) is 0 Å². The number of halogens is 1. The van der Waals surface area contributed by atoms with E-state index < -0.39 is 0 Å². The summed E-state index contributed by atoms with van der Waals surface area (Å²) in [6.45, 7) is 0.